The molecular weight excluding hydrogens is 186 g/mol. The number of hydrogen-bond donors (Lipinski definition) is 2. The molecule has 3 nitrogen and oxygen atoms in total. The van der Waals surface area contributed by atoms with Crippen molar-refractivity contribution in [2.75, 3.05) is 11.9 Å². The number of fused-ring (bicyclic) bond motifs is 1. The lowest BCUT2D eigenvalue weighted by Gasteiger charge is -2.22. The third-order valence-corrected chi connectivity index (χ3v) is 3.13. The van der Waals surface area contributed by atoms with Gasteiger partial charge in [-0.15, -0.1) is 11.8 Å². The minimum atomic E-state index is -0.366. The van der Waals surface area contributed by atoms with Crippen molar-refractivity contribution in [3.8, 4) is 0 Å². The lowest BCUT2D eigenvalue weighted by Crippen LogP contribution is -2.31. The maximum absolute atomic E-state index is 11.3. The normalized spacial score (nSPS) is 20.7. The zero-order valence-corrected chi connectivity index (χ0v) is 7.67. The molecule has 1 aromatic carbocycles. The number of aliphatic hydroxyl groups excluding tert-OH is 1. The summed E-state index contributed by atoms with van der Waals surface area (Å²) in [6, 6.07) is 7.58. The minimum absolute atomic E-state index is 0.119. The molecule has 1 atom stereocenters. The first-order chi connectivity index (χ1) is 6.31. The van der Waals surface area contributed by atoms with Crippen LogP contribution >= 0.6 is 11.8 Å². The van der Waals surface area contributed by atoms with E-state index >= 15 is 0 Å². The fourth-order valence-electron chi connectivity index (χ4n) is 1.21. The molecule has 0 saturated heterocycles. The number of amides is 1. The van der Waals surface area contributed by atoms with Crippen molar-refractivity contribution in [3.63, 3.8) is 0 Å². The van der Waals surface area contributed by atoms with Crippen molar-refractivity contribution in [2.45, 2.75) is 10.1 Å². The summed E-state index contributed by atoms with van der Waals surface area (Å²) in [6.45, 7) is -0.120. The molecule has 1 aromatic rings. The molecular formula is C9H9NO2S. The molecule has 68 valence electrons. The number of rotatable bonds is 1. The Morgan fingerprint density at radius 2 is 2.23 bits per heavy atom. The average molecular weight is 195 g/mol. The molecule has 2 N–H and O–H groups in total. The molecule has 13 heavy (non-hydrogen) atoms. The third kappa shape index (κ3) is 1.55. The van der Waals surface area contributed by atoms with Crippen LogP contribution in [0, 0.1) is 0 Å². The summed E-state index contributed by atoms with van der Waals surface area (Å²) in [5, 5.41) is 11.3. The highest BCUT2D eigenvalue weighted by Gasteiger charge is 2.25. The molecule has 0 saturated carbocycles. The molecule has 1 heterocycles. The van der Waals surface area contributed by atoms with Crippen LogP contribution in [0.5, 0.6) is 0 Å². The number of carbonyl (C=O) groups excluding carboxylic acids is 1. The number of anilines is 1. The highest BCUT2D eigenvalue weighted by Crippen LogP contribution is 2.34. The predicted molar refractivity (Wildman–Crippen MR) is 51.8 cm³/mol. The van der Waals surface area contributed by atoms with E-state index < -0.39 is 0 Å². The van der Waals surface area contributed by atoms with Gasteiger partial charge >= 0.3 is 0 Å². The first-order valence-electron chi connectivity index (χ1n) is 3.98. The topological polar surface area (TPSA) is 49.3 Å². The van der Waals surface area contributed by atoms with Gasteiger partial charge in [0, 0.05) is 4.90 Å². The van der Waals surface area contributed by atoms with Crippen molar-refractivity contribution >= 4 is 23.4 Å². The summed E-state index contributed by atoms with van der Waals surface area (Å²) in [4.78, 5) is 12.3. The van der Waals surface area contributed by atoms with Crippen LogP contribution < -0.4 is 5.32 Å². The lowest BCUT2D eigenvalue weighted by atomic mass is 10.3. The van der Waals surface area contributed by atoms with Gasteiger partial charge in [-0.25, -0.2) is 0 Å². The van der Waals surface area contributed by atoms with Crippen LogP contribution in [0.2, 0.25) is 0 Å². The largest absolute Gasteiger partial charge is 0.395 e. The van der Waals surface area contributed by atoms with Gasteiger partial charge in [-0.05, 0) is 12.1 Å². The van der Waals surface area contributed by atoms with Gasteiger partial charge in [0.1, 0.15) is 5.25 Å². The van der Waals surface area contributed by atoms with Crippen LogP contribution in [0.3, 0.4) is 0 Å². The van der Waals surface area contributed by atoms with Gasteiger partial charge < -0.3 is 10.4 Å². The highest BCUT2D eigenvalue weighted by atomic mass is 32.2. The fourth-order valence-corrected chi connectivity index (χ4v) is 2.16. The molecule has 2 rings (SSSR count). The van der Waals surface area contributed by atoms with Gasteiger partial charge in [0.25, 0.3) is 0 Å². The van der Waals surface area contributed by atoms with Crippen LogP contribution in [-0.4, -0.2) is 22.9 Å². The number of thioether (sulfide) groups is 1. The number of para-hydroxylation sites is 1. The Balaban J connectivity index is 2.33. The Kier molecular flexibility index (Phi) is 2.24. The number of benzene rings is 1. The zero-order valence-electron chi connectivity index (χ0n) is 6.86. The molecule has 0 spiro atoms. The summed E-state index contributed by atoms with van der Waals surface area (Å²) < 4.78 is 0. The molecule has 0 radical (unpaired) electrons. The Bertz CT molecular complexity index is 340. The van der Waals surface area contributed by atoms with Gasteiger partial charge in [-0.1, -0.05) is 12.1 Å². The lowest BCUT2D eigenvalue weighted by molar-refractivity contribution is -0.116. The smallest absolute Gasteiger partial charge is 0.240 e. The molecule has 1 amide bonds. The summed E-state index contributed by atoms with van der Waals surface area (Å²) in [5.74, 6) is -0.119. The second kappa shape index (κ2) is 3.40. The van der Waals surface area contributed by atoms with Crippen molar-refractivity contribution in [1.82, 2.24) is 0 Å². The van der Waals surface area contributed by atoms with Gasteiger partial charge in [0.05, 0.1) is 12.3 Å². The van der Waals surface area contributed by atoms with E-state index in [2.05, 4.69) is 5.32 Å². The predicted octanol–water partition coefficient (Wildman–Crippen LogP) is 1.09. The molecule has 4 heteroatoms. The van der Waals surface area contributed by atoms with Crippen LogP contribution in [0.1, 0.15) is 0 Å². The maximum atomic E-state index is 11.3. The highest BCUT2D eigenvalue weighted by molar-refractivity contribution is 8.01. The van der Waals surface area contributed by atoms with E-state index in [0.717, 1.165) is 10.6 Å². The van der Waals surface area contributed by atoms with Gasteiger partial charge in [-0.2, -0.15) is 0 Å². The van der Waals surface area contributed by atoms with E-state index in [1.165, 1.54) is 11.8 Å². The maximum Gasteiger partial charge on any atom is 0.240 e. The first-order valence-corrected chi connectivity index (χ1v) is 4.86. The number of aliphatic hydroxyl groups is 1. The molecule has 0 aromatic heterocycles. The first kappa shape index (κ1) is 8.59. The quantitative estimate of drug-likeness (QED) is 0.705. The molecule has 0 bridgehead atoms. The standard InChI is InChI=1S/C9H9NO2S/c11-5-8-9(12)10-6-3-1-2-4-7(6)13-8/h1-4,8,11H,5H2,(H,10,12)/t8-/m1/s1. The van der Waals surface area contributed by atoms with Gasteiger partial charge in [-0.3, -0.25) is 4.79 Å². The molecule has 1 aliphatic rings. The number of nitrogens with one attached hydrogen (secondary N) is 1. The Labute approximate surface area is 80.1 Å². The Hall–Kier alpha value is -1.00. The molecule has 1 aliphatic heterocycles. The summed E-state index contributed by atoms with van der Waals surface area (Å²) >= 11 is 1.40. The number of hydrogen-bond acceptors (Lipinski definition) is 3. The Morgan fingerprint density at radius 3 is 3.00 bits per heavy atom. The summed E-state index contributed by atoms with van der Waals surface area (Å²) in [7, 11) is 0. The minimum Gasteiger partial charge on any atom is -0.395 e. The van der Waals surface area contributed by atoms with Gasteiger partial charge in [0.15, 0.2) is 0 Å². The van der Waals surface area contributed by atoms with E-state index in [1.807, 2.05) is 24.3 Å². The Morgan fingerprint density at radius 1 is 1.46 bits per heavy atom. The monoisotopic (exact) mass is 195 g/mol. The SMILES string of the molecule is O=C1Nc2ccccc2S[C@@H]1CO. The van der Waals surface area contributed by atoms with E-state index in [0.29, 0.717) is 0 Å². The van der Waals surface area contributed by atoms with Crippen molar-refractivity contribution in [3.05, 3.63) is 24.3 Å². The fraction of sp³-hybridized carbons (Fsp3) is 0.222. The van der Waals surface area contributed by atoms with E-state index in [-0.39, 0.29) is 17.8 Å². The van der Waals surface area contributed by atoms with Crippen LogP contribution in [0.4, 0.5) is 5.69 Å². The molecule has 0 unspecified atom stereocenters. The molecule has 0 fully saturated rings. The third-order valence-electron chi connectivity index (χ3n) is 1.87. The van der Waals surface area contributed by atoms with Crippen LogP contribution in [0.15, 0.2) is 29.2 Å². The second-order valence-electron chi connectivity index (χ2n) is 2.77. The zero-order chi connectivity index (χ0) is 9.26. The van der Waals surface area contributed by atoms with E-state index in [1.54, 1.807) is 0 Å². The van der Waals surface area contributed by atoms with E-state index in [4.69, 9.17) is 5.11 Å². The van der Waals surface area contributed by atoms with Crippen LogP contribution in [0.25, 0.3) is 0 Å². The number of carbonyl (C=O) groups is 1. The summed E-state index contributed by atoms with van der Waals surface area (Å²) in [5.41, 5.74) is 0.835. The average Bonchev–Trinajstić information content (AvgIpc) is 2.17. The summed E-state index contributed by atoms with van der Waals surface area (Å²) in [6.07, 6.45) is 0. The molecule has 0 aliphatic carbocycles. The van der Waals surface area contributed by atoms with Crippen molar-refractivity contribution in [2.24, 2.45) is 0 Å². The van der Waals surface area contributed by atoms with Crippen LogP contribution in [-0.2, 0) is 4.79 Å². The van der Waals surface area contributed by atoms with Crippen molar-refractivity contribution < 1.29 is 9.90 Å². The van der Waals surface area contributed by atoms with Crippen molar-refractivity contribution in [1.29, 1.82) is 0 Å². The second-order valence-corrected chi connectivity index (χ2v) is 4.02. The van der Waals surface area contributed by atoms with E-state index in [9.17, 15) is 4.79 Å². The van der Waals surface area contributed by atoms with Gasteiger partial charge in [0.2, 0.25) is 5.91 Å².